The first-order chi connectivity index (χ1) is 10.1. The molecule has 0 aliphatic rings. The SMILES string of the molecule is COc1cccc(C(C)NC(=O)Nc2ccccc2F)c1. The van der Waals surface area contributed by atoms with Crippen molar-refractivity contribution in [3.05, 3.63) is 59.9 Å². The Labute approximate surface area is 122 Å². The van der Waals surface area contributed by atoms with E-state index in [1.165, 1.54) is 12.1 Å². The van der Waals surface area contributed by atoms with Gasteiger partial charge >= 0.3 is 6.03 Å². The molecule has 0 saturated heterocycles. The molecule has 0 fully saturated rings. The highest BCUT2D eigenvalue weighted by Crippen LogP contribution is 2.19. The molecule has 0 aliphatic heterocycles. The van der Waals surface area contributed by atoms with Crippen molar-refractivity contribution >= 4 is 11.7 Å². The molecule has 1 unspecified atom stereocenters. The first-order valence-electron chi connectivity index (χ1n) is 6.56. The van der Waals surface area contributed by atoms with Crippen molar-refractivity contribution in [2.45, 2.75) is 13.0 Å². The van der Waals surface area contributed by atoms with Crippen LogP contribution in [0.3, 0.4) is 0 Å². The summed E-state index contributed by atoms with van der Waals surface area (Å²) in [5, 5.41) is 5.23. The number of carbonyl (C=O) groups excluding carboxylic acids is 1. The summed E-state index contributed by atoms with van der Waals surface area (Å²) in [4.78, 5) is 11.9. The van der Waals surface area contributed by atoms with Crippen molar-refractivity contribution in [1.82, 2.24) is 5.32 Å². The molecule has 2 N–H and O–H groups in total. The Morgan fingerprint density at radius 2 is 1.95 bits per heavy atom. The number of para-hydroxylation sites is 1. The maximum Gasteiger partial charge on any atom is 0.319 e. The van der Waals surface area contributed by atoms with Gasteiger partial charge in [-0.2, -0.15) is 0 Å². The molecule has 0 spiro atoms. The van der Waals surface area contributed by atoms with Crippen LogP contribution in [-0.2, 0) is 0 Å². The summed E-state index contributed by atoms with van der Waals surface area (Å²) < 4.78 is 18.6. The lowest BCUT2D eigenvalue weighted by atomic mass is 10.1. The van der Waals surface area contributed by atoms with Gasteiger partial charge in [0.25, 0.3) is 0 Å². The molecule has 4 nitrogen and oxygen atoms in total. The van der Waals surface area contributed by atoms with Gasteiger partial charge in [0.05, 0.1) is 18.8 Å². The first-order valence-corrected chi connectivity index (χ1v) is 6.56. The molecular formula is C16H17FN2O2. The quantitative estimate of drug-likeness (QED) is 0.901. The molecule has 21 heavy (non-hydrogen) atoms. The van der Waals surface area contributed by atoms with Crippen molar-refractivity contribution < 1.29 is 13.9 Å². The summed E-state index contributed by atoms with van der Waals surface area (Å²) >= 11 is 0. The van der Waals surface area contributed by atoms with Gasteiger partial charge in [-0.1, -0.05) is 24.3 Å². The number of rotatable bonds is 4. The Hall–Kier alpha value is -2.56. The lowest BCUT2D eigenvalue weighted by Crippen LogP contribution is -2.31. The molecule has 2 aromatic rings. The lowest BCUT2D eigenvalue weighted by molar-refractivity contribution is 0.249. The summed E-state index contributed by atoms with van der Waals surface area (Å²) in [6.45, 7) is 1.84. The molecule has 0 bridgehead atoms. The second kappa shape index (κ2) is 6.74. The van der Waals surface area contributed by atoms with E-state index < -0.39 is 11.8 Å². The number of methoxy groups -OCH3 is 1. The topological polar surface area (TPSA) is 50.4 Å². The number of urea groups is 1. The number of carbonyl (C=O) groups is 1. The van der Waals surface area contributed by atoms with E-state index in [1.54, 1.807) is 19.2 Å². The summed E-state index contributed by atoms with van der Waals surface area (Å²) in [7, 11) is 1.59. The third kappa shape index (κ3) is 3.95. The molecule has 2 amide bonds. The zero-order valence-electron chi connectivity index (χ0n) is 11.9. The van der Waals surface area contributed by atoms with Crippen LogP contribution in [0.1, 0.15) is 18.5 Å². The van der Waals surface area contributed by atoms with E-state index in [0.717, 1.165) is 11.3 Å². The molecule has 0 aromatic heterocycles. The van der Waals surface area contributed by atoms with Crippen LogP contribution in [0.15, 0.2) is 48.5 Å². The van der Waals surface area contributed by atoms with Gasteiger partial charge in [0.15, 0.2) is 0 Å². The molecule has 0 aliphatic carbocycles. The Balaban J connectivity index is 2.00. The fraction of sp³-hybridized carbons (Fsp3) is 0.188. The van der Waals surface area contributed by atoms with Crippen LogP contribution in [0.2, 0.25) is 0 Å². The van der Waals surface area contributed by atoms with Crippen LogP contribution in [0, 0.1) is 5.82 Å². The van der Waals surface area contributed by atoms with Crippen molar-refractivity contribution in [3.63, 3.8) is 0 Å². The summed E-state index contributed by atoms with van der Waals surface area (Å²) in [6.07, 6.45) is 0. The van der Waals surface area contributed by atoms with E-state index in [0.29, 0.717) is 0 Å². The average molecular weight is 288 g/mol. The maximum atomic E-state index is 13.5. The highest BCUT2D eigenvalue weighted by Gasteiger charge is 2.11. The average Bonchev–Trinajstić information content (AvgIpc) is 2.49. The molecular weight excluding hydrogens is 271 g/mol. The standard InChI is InChI=1S/C16H17FN2O2/c1-11(12-6-5-7-13(10-12)21-2)18-16(20)19-15-9-4-3-8-14(15)17/h3-11H,1-2H3,(H2,18,19,20). The van der Waals surface area contributed by atoms with E-state index >= 15 is 0 Å². The van der Waals surface area contributed by atoms with E-state index in [4.69, 9.17) is 4.74 Å². The summed E-state index contributed by atoms with van der Waals surface area (Å²) in [5.74, 6) is 0.248. The van der Waals surface area contributed by atoms with E-state index in [2.05, 4.69) is 10.6 Å². The van der Waals surface area contributed by atoms with Crippen LogP contribution < -0.4 is 15.4 Å². The third-order valence-electron chi connectivity index (χ3n) is 3.06. The number of hydrogen-bond acceptors (Lipinski definition) is 2. The highest BCUT2D eigenvalue weighted by molar-refractivity contribution is 5.89. The summed E-state index contributed by atoms with van der Waals surface area (Å²) in [6, 6.07) is 12.7. The van der Waals surface area contributed by atoms with Gasteiger partial charge in [-0.15, -0.1) is 0 Å². The lowest BCUT2D eigenvalue weighted by Gasteiger charge is -2.16. The van der Waals surface area contributed by atoms with E-state index in [1.807, 2.05) is 31.2 Å². The maximum absolute atomic E-state index is 13.5. The Kier molecular flexibility index (Phi) is 4.77. The largest absolute Gasteiger partial charge is 0.497 e. The van der Waals surface area contributed by atoms with Gasteiger partial charge in [0.2, 0.25) is 0 Å². The molecule has 0 saturated carbocycles. The number of hydrogen-bond donors (Lipinski definition) is 2. The smallest absolute Gasteiger partial charge is 0.319 e. The predicted molar refractivity (Wildman–Crippen MR) is 80.0 cm³/mol. The molecule has 1 atom stereocenters. The molecule has 110 valence electrons. The monoisotopic (exact) mass is 288 g/mol. The Bertz CT molecular complexity index is 631. The molecule has 0 radical (unpaired) electrons. The van der Waals surface area contributed by atoms with Gasteiger partial charge in [0.1, 0.15) is 11.6 Å². The van der Waals surface area contributed by atoms with E-state index in [-0.39, 0.29) is 11.7 Å². The normalized spacial score (nSPS) is 11.6. The summed E-state index contributed by atoms with van der Waals surface area (Å²) in [5.41, 5.74) is 1.05. The van der Waals surface area contributed by atoms with Crippen LogP contribution in [0.4, 0.5) is 14.9 Å². The van der Waals surface area contributed by atoms with Gasteiger partial charge in [-0.25, -0.2) is 9.18 Å². The van der Waals surface area contributed by atoms with Crippen LogP contribution in [0.5, 0.6) is 5.75 Å². The number of benzene rings is 2. The fourth-order valence-electron chi connectivity index (χ4n) is 1.91. The molecule has 5 heteroatoms. The van der Waals surface area contributed by atoms with Gasteiger partial charge in [0, 0.05) is 0 Å². The molecule has 2 aromatic carbocycles. The van der Waals surface area contributed by atoms with Gasteiger partial charge in [-0.05, 0) is 36.8 Å². The van der Waals surface area contributed by atoms with Crippen molar-refractivity contribution in [1.29, 1.82) is 0 Å². The Morgan fingerprint density at radius 3 is 2.67 bits per heavy atom. The van der Waals surface area contributed by atoms with Crippen molar-refractivity contribution in [2.24, 2.45) is 0 Å². The number of anilines is 1. The number of amides is 2. The predicted octanol–water partition coefficient (Wildman–Crippen LogP) is 3.72. The third-order valence-corrected chi connectivity index (χ3v) is 3.06. The van der Waals surface area contributed by atoms with Crippen molar-refractivity contribution in [2.75, 3.05) is 12.4 Å². The van der Waals surface area contributed by atoms with Crippen LogP contribution >= 0.6 is 0 Å². The molecule has 2 rings (SSSR count). The molecule has 0 heterocycles. The number of ether oxygens (including phenoxy) is 1. The fourth-order valence-corrected chi connectivity index (χ4v) is 1.91. The Morgan fingerprint density at radius 1 is 1.19 bits per heavy atom. The highest BCUT2D eigenvalue weighted by atomic mass is 19.1. The van der Waals surface area contributed by atoms with Crippen LogP contribution in [0.25, 0.3) is 0 Å². The minimum atomic E-state index is -0.471. The zero-order valence-corrected chi connectivity index (χ0v) is 11.9. The van der Waals surface area contributed by atoms with Crippen molar-refractivity contribution in [3.8, 4) is 5.75 Å². The van der Waals surface area contributed by atoms with Gasteiger partial charge in [-0.3, -0.25) is 0 Å². The zero-order chi connectivity index (χ0) is 15.2. The van der Waals surface area contributed by atoms with Gasteiger partial charge < -0.3 is 15.4 Å². The minimum absolute atomic E-state index is 0.146. The van der Waals surface area contributed by atoms with Crippen LogP contribution in [-0.4, -0.2) is 13.1 Å². The number of halogens is 1. The van der Waals surface area contributed by atoms with E-state index in [9.17, 15) is 9.18 Å². The second-order valence-corrected chi connectivity index (χ2v) is 4.58. The number of nitrogens with one attached hydrogen (secondary N) is 2. The first kappa shape index (κ1) is 14.8. The minimum Gasteiger partial charge on any atom is -0.497 e. The second-order valence-electron chi connectivity index (χ2n) is 4.58.